The van der Waals surface area contributed by atoms with Gasteiger partial charge in [0.25, 0.3) is 5.88 Å². The molecule has 0 aliphatic carbocycles. The molecule has 0 saturated carbocycles. The molecule has 2 aliphatic heterocycles. The summed E-state index contributed by atoms with van der Waals surface area (Å²) < 4.78 is 44.9. The van der Waals surface area contributed by atoms with Crippen molar-refractivity contribution < 1.29 is 17.5 Å². The summed E-state index contributed by atoms with van der Waals surface area (Å²) in [6.07, 6.45) is 2.36. The van der Waals surface area contributed by atoms with Gasteiger partial charge in [-0.1, -0.05) is 30.3 Å². The van der Waals surface area contributed by atoms with Gasteiger partial charge in [-0.25, -0.2) is 13.4 Å². The van der Waals surface area contributed by atoms with Crippen molar-refractivity contribution in [3.8, 4) is 5.88 Å². The Bertz CT molecular complexity index is 941. The number of sulfonamides is 1. The van der Waals surface area contributed by atoms with Gasteiger partial charge in [0.05, 0.1) is 25.6 Å². The molecule has 2 aromatic rings. The maximum absolute atomic E-state index is 13.6. The second-order valence-electron chi connectivity index (χ2n) is 7.04. The highest BCUT2D eigenvalue weighted by atomic mass is 32.2. The van der Waals surface area contributed by atoms with Gasteiger partial charge in [-0.05, 0) is 11.5 Å². The fourth-order valence-corrected chi connectivity index (χ4v) is 5.37. The van der Waals surface area contributed by atoms with E-state index < -0.39 is 15.8 Å². The Balaban J connectivity index is 1.65. The summed E-state index contributed by atoms with van der Waals surface area (Å²) >= 11 is 0. The molecule has 2 aliphatic rings. The summed E-state index contributed by atoms with van der Waals surface area (Å²) in [5.41, 5.74) is 0.981. The summed E-state index contributed by atoms with van der Waals surface area (Å²) in [7, 11) is -1.96. The third kappa shape index (κ3) is 3.25. The third-order valence-corrected chi connectivity index (χ3v) is 6.59. The smallest absolute Gasteiger partial charge is 0.255 e. The Morgan fingerprint density at radius 2 is 1.93 bits per heavy atom. The summed E-state index contributed by atoms with van der Waals surface area (Å²) in [5, 5.41) is 0. The van der Waals surface area contributed by atoms with Gasteiger partial charge >= 0.3 is 0 Å². The van der Waals surface area contributed by atoms with Crippen LogP contribution in [0.3, 0.4) is 0 Å². The number of anilines is 1. The van der Waals surface area contributed by atoms with Gasteiger partial charge in [-0.2, -0.15) is 13.7 Å². The van der Waals surface area contributed by atoms with E-state index in [1.165, 1.54) is 13.4 Å². The number of rotatable bonds is 4. The summed E-state index contributed by atoms with van der Waals surface area (Å²) in [5.74, 6) is -0.0211. The van der Waals surface area contributed by atoms with E-state index in [1.807, 2.05) is 35.2 Å². The van der Waals surface area contributed by atoms with E-state index in [4.69, 9.17) is 4.74 Å². The van der Waals surface area contributed by atoms with Crippen LogP contribution in [0.1, 0.15) is 11.6 Å². The van der Waals surface area contributed by atoms with E-state index in [1.54, 1.807) is 4.31 Å². The highest BCUT2D eigenvalue weighted by Gasteiger charge is 2.50. The van der Waals surface area contributed by atoms with Crippen LogP contribution in [0.2, 0.25) is 0 Å². The number of methoxy groups -OCH3 is 1. The van der Waals surface area contributed by atoms with Crippen molar-refractivity contribution in [1.29, 1.82) is 0 Å². The SMILES string of the molecule is COc1nc(N2C[C@@H]3CN(S(C)(=O)=O)[C@@H](c4ccccc4)[C@@H]3C2)ncc1F. The zero-order chi connectivity index (χ0) is 19.2. The summed E-state index contributed by atoms with van der Waals surface area (Å²) in [4.78, 5) is 10.2. The van der Waals surface area contributed by atoms with Crippen molar-refractivity contribution in [3.63, 3.8) is 0 Å². The van der Waals surface area contributed by atoms with Crippen LogP contribution in [0.4, 0.5) is 10.3 Å². The largest absolute Gasteiger partial charge is 0.479 e. The van der Waals surface area contributed by atoms with Crippen molar-refractivity contribution in [1.82, 2.24) is 14.3 Å². The van der Waals surface area contributed by atoms with E-state index >= 15 is 0 Å². The first-order valence-corrected chi connectivity index (χ1v) is 10.6. The molecule has 2 saturated heterocycles. The number of benzene rings is 1. The second kappa shape index (κ2) is 6.72. The number of halogens is 1. The van der Waals surface area contributed by atoms with Crippen LogP contribution in [0.5, 0.6) is 5.88 Å². The molecule has 2 fully saturated rings. The molecule has 3 atom stereocenters. The molecule has 4 rings (SSSR count). The average molecular weight is 392 g/mol. The number of ether oxygens (including phenoxy) is 1. The van der Waals surface area contributed by atoms with Gasteiger partial charge in [0.2, 0.25) is 21.8 Å². The lowest BCUT2D eigenvalue weighted by Crippen LogP contribution is -2.35. The van der Waals surface area contributed by atoms with Crippen LogP contribution in [-0.4, -0.2) is 55.7 Å². The molecule has 0 bridgehead atoms. The minimum Gasteiger partial charge on any atom is -0.479 e. The van der Waals surface area contributed by atoms with Gasteiger partial charge in [0, 0.05) is 25.6 Å². The topological polar surface area (TPSA) is 75.6 Å². The Labute approximate surface area is 157 Å². The minimum absolute atomic E-state index is 0.0885. The fraction of sp³-hybridized carbons (Fsp3) is 0.444. The number of nitrogens with zero attached hydrogens (tertiary/aromatic N) is 4. The van der Waals surface area contributed by atoms with Crippen molar-refractivity contribution in [3.05, 3.63) is 47.9 Å². The third-order valence-electron chi connectivity index (χ3n) is 5.36. The average Bonchev–Trinajstić information content (AvgIpc) is 3.20. The van der Waals surface area contributed by atoms with Crippen molar-refractivity contribution in [2.45, 2.75) is 6.04 Å². The van der Waals surface area contributed by atoms with Crippen molar-refractivity contribution >= 4 is 16.0 Å². The number of hydrogen-bond donors (Lipinski definition) is 0. The molecular formula is C18H21FN4O3S. The predicted molar refractivity (Wildman–Crippen MR) is 98.5 cm³/mol. The van der Waals surface area contributed by atoms with Gasteiger partial charge in [0.15, 0.2) is 0 Å². The number of fused-ring (bicyclic) bond motifs is 1. The first-order valence-electron chi connectivity index (χ1n) is 8.71. The molecular weight excluding hydrogens is 371 g/mol. The van der Waals surface area contributed by atoms with Crippen molar-refractivity contribution in [2.75, 3.05) is 37.9 Å². The van der Waals surface area contributed by atoms with Crippen LogP contribution in [0.25, 0.3) is 0 Å². The maximum atomic E-state index is 13.6. The lowest BCUT2D eigenvalue weighted by atomic mass is 9.90. The van der Waals surface area contributed by atoms with E-state index in [-0.39, 0.29) is 23.8 Å². The quantitative estimate of drug-likeness (QED) is 0.788. The monoisotopic (exact) mass is 392 g/mol. The molecule has 1 aromatic heterocycles. The molecule has 0 spiro atoms. The van der Waals surface area contributed by atoms with Crippen LogP contribution < -0.4 is 9.64 Å². The molecule has 9 heteroatoms. The molecule has 0 unspecified atom stereocenters. The summed E-state index contributed by atoms with van der Waals surface area (Å²) in [6.45, 7) is 1.68. The maximum Gasteiger partial charge on any atom is 0.255 e. The van der Waals surface area contributed by atoms with Gasteiger partial charge < -0.3 is 9.64 Å². The summed E-state index contributed by atoms with van der Waals surface area (Å²) in [6, 6.07) is 9.46. The highest BCUT2D eigenvalue weighted by Crippen LogP contribution is 2.46. The second-order valence-corrected chi connectivity index (χ2v) is 8.98. The Hall–Kier alpha value is -2.26. The molecule has 144 valence electrons. The van der Waals surface area contributed by atoms with E-state index in [0.717, 1.165) is 11.8 Å². The Kier molecular flexibility index (Phi) is 4.51. The fourth-order valence-electron chi connectivity index (χ4n) is 4.21. The van der Waals surface area contributed by atoms with E-state index in [0.29, 0.717) is 25.6 Å². The minimum atomic E-state index is -3.33. The van der Waals surface area contributed by atoms with Crippen LogP contribution in [0, 0.1) is 17.7 Å². The first kappa shape index (κ1) is 18.1. The highest BCUT2D eigenvalue weighted by molar-refractivity contribution is 7.88. The van der Waals surface area contributed by atoms with Gasteiger partial charge in [-0.15, -0.1) is 0 Å². The zero-order valence-electron chi connectivity index (χ0n) is 15.1. The van der Waals surface area contributed by atoms with Crippen molar-refractivity contribution in [2.24, 2.45) is 11.8 Å². The van der Waals surface area contributed by atoms with E-state index in [9.17, 15) is 12.8 Å². The number of aromatic nitrogens is 2. The number of hydrogen-bond acceptors (Lipinski definition) is 6. The molecule has 0 radical (unpaired) electrons. The lowest BCUT2D eigenvalue weighted by Gasteiger charge is -2.28. The molecule has 7 nitrogen and oxygen atoms in total. The normalized spacial score (nSPS) is 25.6. The standard InChI is InChI=1S/C18H21FN4O3S/c1-26-17-15(19)8-20-18(21-17)22-9-13-10-23(27(2,24)25)16(14(13)11-22)12-6-4-3-5-7-12/h3-8,13-14,16H,9-11H2,1-2H3/t13-,14-,16+/m1/s1. The molecule has 3 heterocycles. The van der Waals surface area contributed by atoms with Gasteiger partial charge in [-0.3, -0.25) is 0 Å². The Morgan fingerprint density at radius 3 is 2.59 bits per heavy atom. The lowest BCUT2D eigenvalue weighted by molar-refractivity contribution is 0.350. The van der Waals surface area contributed by atoms with Crippen LogP contribution in [0.15, 0.2) is 36.5 Å². The van der Waals surface area contributed by atoms with Gasteiger partial charge in [0.1, 0.15) is 0 Å². The first-order chi connectivity index (χ1) is 12.9. The molecule has 1 aromatic carbocycles. The van der Waals surface area contributed by atoms with Crippen LogP contribution >= 0.6 is 0 Å². The zero-order valence-corrected chi connectivity index (χ0v) is 15.9. The molecule has 0 N–H and O–H groups in total. The Morgan fingerprint density at radius 1 is 1.19 bits per heavy atom. The predicted octanol–water partition coefficient (Wildman–Crippen LogP) is 1.69. The molecule has 0 amide bonds. The van der Waals surface area contributed by atoms with E-state index in [2.05, 4.69) is 9.97 Å². The molecule has 27 heavy (non-hydrogen) atoms. The van der Waals surface area contributed by atoms with Crippen LogP contribution in [-0.2, 0) is 10.0 Å².